The van der Waals surface area contributed by atoms with Gasteiger partial charge in [-0.15, -0.1) is 11.6 Å². The van der Waals surface area contributed by atoms with Crippen molar-refractivity contribution in [1.82, 2.24) is 5.32 Å². The molecule has 92 valence electrons. The Kier molecular flexibility index (Phi) is 4.90. The van der Waals surface area contributed by atoms with Crippen LogP contribution in [0.1, 0.15) is 12.5 Å². The third kappa shape index (κ3) is 4.40. The first-order chi connectivity index (χ1) is 8.02. The molecule has 1 N–H and O–H groups in total. The number of alkyl halides is 1. The molecule has 0 saturated heterocycles. The number of non-ortho nitro benzene ring substituents is 1. The second-order valence-electron chi connectivity index (χ2n) is 3.73. The van der Waals surface area contributed by atoms with E-state index in [1.165, 1.54) is 12.1 Å². The molecular weight excluding hydrogens is 244 g/mol. The minimum absolute atomic E-state index is 0.0540. The van der Waals surface area contributed by atoms with Crippen LogP contribution in [0.3, 0.4) is 0 Å². The first-order valence-corrected chi connectivity index (χ1v) is 5.65. The van der Waals surface area contributed by atoms with Crippen LogP contribution in [-0.4, -0.2) is 22.8 Å². The summed E-state index contributed by atoms with van der Waals surface area (Å²) in [6.07, 6.45) is 0.532. The van der Waals surface area contributed by atoms with Crippen molar-refractivity contribution in [2.75, 3.05) is 5.88 Å². The predicted octanol–water partition coefficient (Wildman–Crippen LogP) is 1.88. The number of hydrogen-bond donors (Lipinski definition) is 1. The Morgan fingerprint density at radius 2 is 2.29 bits per heavy atom. The van der Waals surface area contributed by atoms with E-state index in [0.717, 1.165) is 5.56 Å². The molecule has 1 aromatic rings. The van der Waals surface area contributed by atoms with Crippen LogP contribution in [0.15, 0.2) is 24.3 Å². The lowest BCUT2D eigenvalue weighted by Gasteiger charge is -2.12. The van der Waals surface area contributed by atoms with Gasteiger partial charge in [0.15, 0.2) is 0 Å². The van der Waals surface area contributed by atoms with Crippen molar-refractivity contribution in [3.63, 3.8) is 0 Å². The number of benzene rings is 1. The maximum Gasteiger partial charge on any atom is 0.269 e. The number of amides is 1. The number of carbonyl (C=O) groups excluding carboxylic acids is 1. The van der Waals surface area contributed by atoms with Crippen molar-refractivity contribution >= 4 is 23.2 Å². The molecular formula is C11H13ClN2O3. The summed E-state index contributed by atoms with van der Waals surface area (Å²) >= 11 is 5.36. The van der Waals surface area contributed by atoms with E-state index in [2.05, 4.69) is 5.32 Å². The Hall–Kier alpha value is -1.62. The van der Waals surface area contributed by atoms with E-state index in [1.807, 2.05) is 6.92 Å². The topological polar surface area (TPSA) is 72.2 Å². The molecule has 0 radical (unpaired) electrons. The summed E-state index contributed by atoms with van der Waals surface area (Å²) in [5, 5.41) is 13.3. The largest absolute Gasteiger partial charge is 0.352 e. The van der Waals surface area contributed by atoms with E-state index in [-0.39, 0.29) is 23.5 Å². The number of nitrogens with zero attached hydrogens (tertiary/aromatic N) is 1. The van der Waals surface area contributed by atoms with Gasteiger partial charge in [-0.3, -0.25) is 14.9 Å². The summed E-state index contributed by atoms with van der Waals surface area (Å²) in [4.78, 5) is 21.2. The number of nitro benzene ring substituents is 1. The SMILES string of the molecule is CC(Cc1cccc([N+](=O)[O-])c1)NC(=O)CCl. The van der Waals surface area contributed by atoms with E-state index in [0.29, 0.717) is 6.42 Å². The van der Waals surface area contributed by atoms with Crippen LogP contribution >= 0.6 is 11.6 Å². The Morgan fingerprint density at radius 3 is 2.88 bits per heavy atom. The van der Waals surface area contributed by atoms with Crippen molar-refractivity contribution in [3.8, 4) is 0 Å². The number of nitrogens with one attached hydrogen (secondary N) is 1. The second kappa shape index (κ2) is 6.20. The number of halogens is 1. The highest BCUT2D eigenvalue weighted by Gasteiger charge is 2.10. The third-order valence-corrected chi connectivity index (χ3v) is 2.43. The summed E-state index contributed by atoms with van der Waals surface area (Å²) < 4.78 is 0. The van der Waals surface area contributed by atoms with Crippen molar-refractivity contribution in [2.24, 2.45) is 0 Å². The van der Waals surface area contributed by atoms with Crippen molar-refractivity contribution in [1.29, 1.82) is 0 Å². The maximum absolute atomic E-state index is 11.0. The predicted molar refractivity (Wildman–Crippen MR) is 65.1 cm³/mol. The van der Waals surface area contributed by atoms with Gasteiger partial charge in [0.05, 0.1) is 4.92 Å². The summed E-state index contributed by atoms with van der Waals surface area (Å²) in [7, 11) is 0. The zero-order chi connectivity index (χ0) is 12.8. The Bertz CT molecular complexity index is 423. The Labute approximate surface area is 104 Å². The average molecular weight is 257 g/mol. The normalized spacial score (nSPS) is 11.9. The molecule has 0 spiro atoms. The van der Waals surface area contributed by atoms with Crippen LogP contribution in [0, 0.1) is 10.1 Å². The molecule has 1 unspecified atom stereocenters. The summed E-state index contributed by atoms with van der Waals surface area (Å²) in [5.74, 6) is -0.330. The molecule has 6 heteroatoms. The number of hydrogen-bond acceptors (Lipinski definition) is 3. The monoisotopic (exact) mass is 256 g/mol. The highest BCUT2D eigenvalue weighted by atomic mass is 35.5. The maximum atomic E-state index is 11.0. The second-order valence-corrected chi connectivity index (χ2v) is 4.00. The number of nitro groups is 1. The molecule has 0 aliphatic rings. The number of carbonyl (C=O) groups is 1. The fraction of sp³-hybridized carbons (Fsp3) is 0.364. The van der Waals surface area contributed by atoms with Crippen LogP contribution in [0.5, 0.6) is 0 Å². The fourth-order valence-electron chi connectivity index (χ4n) is 1.51. The van der Waals surface area contributed by atoms with E-state index >= 15 is 0 Å². The van der Waals surface area contributed by atoms with Crippen LogP contribution < -0.4 is 5.32 Å². The molecule has 5 nitrogen and oxygen atoms in total. The fourth-order valence-corrected chi connectivity index (χ4v) is 1.59. The summed E-state index contributed by atoms with van der Waals surface area (Å²) in [5.41, 5.74) is 0.861. The van der Waals surface area contributed by atoms with Gasteiger partial charge in [-0.1, -0.05) is 12.1 Å². The molecule has 1 amide bonds. The molecule has 0 heterocycles. The van der Waals surface area contributed by atoms with Gasteiger partial charge in [0.1, 0.15) is 5.88 Å². The quantitative estimate of drug-likeness (QED) is 0.497. The third-order valence-electron chi connectivity index (χ3n) is 2.19. The molecule has 1 rings (SSSR count). The first-order valence-electron chi connectivity index (χ1n) is 5.11. The minimum atomic E-state index is -0.439. The average Bonchev–Trinajstić information content (AvgIpc) is 2.28. The van der Waals surface area contributed by atoms with Gasteiger partial charge < -0.3 is 5.32 Å². The van der Waals surface area contributed by atoms with Crippen molar-refractivity contribution < 1.29 is 9.72 Å². The molecule has 0 aliphatic heterocycles. The molecule has 1 atom stereocenters. The smallest absolute Gasteiger partial charge is 0.269 e. The van der Waals surface area contributed by atoms with Gasteiger partial charge in [-0.05, 0) is 18.9 Å². The van der Waals surface area contributed by atoms with Crippen LogP contribution in [0.2, 0.25) is 0 Å². The van der Waals surface area contributed by atoms with E-state index < -0.39 is 4.92 Å². The van der Waals surface area contributed by atoms with E-state index in [9.17, 15) is 14.9 Å². The molecule has 0 saturated carbocycles. The first kappa shape index (κ1) is 13.4. The Morgan fingerprint density at radius 1 is 1.59 bits per heavy atom. The molecule has 0 aliphatic carbocycles. The van der Waals surface area contributed by atoms with E-state index in [4.69, 9.17) is 11.6 Å². The zero-order valence-corrected chi connectivity index (χ0v) is 10.1. The molecule has 0 fully saturated rings. The van der Waals surface area contributed by atoms with E-state index in [1.54, 1.807) is 12.1 Å². The van der Waals surface area contributed by atoms with Crippen LogP contribution in [0.25, 0.3) is 0 Å². The molecule has 1 aromatic carbocycles. The van der Waals surface area contributed by atoms with Gasteiger partial charge in [0.25, 0.3) is 5.69 Å². The number of rotatable bonds is 5. The van der Waals surface area contributed by atoms with Gasteiger partial charge in [0, 0.05) is 18.2 Å². The standard InChI is InChI=1S/C11H13ClN2O3/c1-8(13-11(15)7-12)5-9-3-2-4-10(6-9)14(16)17/h2-4,6,8H,5,7H2,1H3,(H,13,15). The Balaban J connectivity index is 2.65. The molecule has 0 bridgehead atoms. The highest BCUT2D eigenvalue weighted by molar-refractivity contribution is 6.27. The lowest BCUT2D eigenvalue weighted by molar-refractivity contribution is -0.384. The molecule has 0 aromatic heterocycles. The van der Waals surface area contributed by atoms with Crippen molar-refractivity contribution in [3.05, 3.63) is 39.9 Å². The lowest BCUT2D eigenvalue weighted by atomic mass is 10.1. The van der Waals surface area contributed by atoms with Gasteiger partial charge >= 0.3 is 0 Å². The van der Waals surface area contributed by atoms with Gasteiger partial charge in [-0.25, -0.2) is 0 Å². The molecule has 17 heavy (non-hydrogen) atoms. The lowest BCUT2D eigenvalue weighted by Crippen LogP contribution is -2.34. The summed E-state index contributed by atoms with van der Waals surface area (Å²) in [6.45, 7) is 1.82. The van der Waals surface area contributed by atoms with Crippen molar-refractivity contribution in [2.45, 2.75) is 19.4 Å². The van der Waals surface area contributed by atoms with Gasteiger partial charge in [-0.2, -0.15) is 0 Å². The zero-order valence-electron chi connectivity index (χ0n) is 9.35. The highest BCUT2D eigenvalue weighted by Crippen LogP contribution is 2.14. The minimum Gasteiger partial charge on any atom is -0.352 e. The van der Waals surface area contributed by atoms with Crippen LogP contribution in [0.4, 0.5) is 5.69 Å². The van der Waals surface area contributed by atoms with Crippen LogP contribution in [-0.2, 0) is 11.2 Å². The van der Waals surface area contributed by atoms with Gasteiger partial charge in [0.2, 0.25) is 5.91 Å². The summed E-state index contributed by atoms with van der Waals surface area (Å²) in [6, 6.07) is 6.25.